The van der Waals surface area contributed by atoms with Crippen molar-refractivity contribution in [3.8, 4) is 0 Å². The monoisotopic (exact) mass is 129 g/mol. The molecule has 0 atom stereocenters. The van der Waals surface area contributed by atoms with Crippen molar-refractivity contribution in [1.29, 1.82) is 0 Å². The first-order valence-electron chi connectivity index (χ1n) is 2.68. The Morgan fingerprint density at radius 2 is 2.50 bits per heavy atom. The van der Waals surface area contributed by atoms with Gasteiger partial charge in [-0.3, -0.25) is 0 Å². The molecule has 1 nitrogen and oxygen atoms in total. The van der Waals surface area contributed by atoms with Gasteiger partial charge in [0, 0.05) is 11.9 Å². The molecule has 0 fully saturated rings. The molecule has 0 saturated heterocycles. The fourth-order valence-corrected chi connectivity index (χ4v) is 0.629. The third-order valence-corrected chi connectivity index (χ3v) is 1.15. The van der Waals surface area contributed by atoms with Crippen LogP contribution in [0, 0.1) is 0 Å². The average molecular weight is 129 g/mol. The molecule has 0 aliphatic heterocycles. The van der Waals surface area contributed by atoms with Gasteiger partial charge in [0.25, 0.3) is 0 Å². The van der Waals surface area contributed by atoms with E-state index in [0.717, 1.165) is 6.42 Å². The van der Waals surface area contributed by atoms with Gasteiger partial charge in [0.2, 0.25) is 0 Å². The molecule has 8 heavy (non-hydrogen) atoms. The first-order valence-corrected chi connectivity index (χ1v) is 3.52. The minimum atomic E-state index is 1.14. The van der Waals surface area contributed by atoms with E-state index in [2.05, 4.69) is 24.1 Å². The van der Waals surface area contributed by atoms with Gasteiger partial charge >= 0.3 is 0 Å². The van der Waals surface area contributed by atoms with E-state index in [-0.39, 0.29) is 0 Å². The van der Waals surface area contributed by atoms with Crippen molar-refractivity contribution >= 4 is 18.7 Å². The first-order chi connectivity index (χ1) is 3.91. The zero-order valence-electron chi connectivity index (χ0n) is 5.13. The van der Waals surface area contributed by atoms with Crippen molar-refractivity contribution in [3.05, 3.63) is 11.5 Å². The largest absolute Gasteiger partial charge is 0.228 e. The van der Waals surface area contributed by atoms with Gasteiger partial charge in [0.1, 0.15) is 0 Å². The molecule has 0 aromatic heterocycles. The minimum Gasteiger partial charge on any atom is -0.228 e. The fourth-order valence-electron chi connectivity index (χ4n) is 0.321. The fraction of sp³-hybridized carbons (Fsp3) is 0.500. The molecule has 0 aromatic carbocycles. The molecule has 0 spiro atoms. The predicted octanol–water partition coefficient (Wildman–Crippen LogP) is 2.65. The van der Waals surface area contributed by atoms with Crippen molar-refractivity contribution in [2.24, 2.45) is 4.40 Å². The van der Waals surface area contributed by atoms with E-state index in [9.17, 15) is 0 Å². The van der Waals surface area contributed by atoms with Crippen LogP contribution in [0.2, 0.25) is 0 Å². The Morgan fingerprint density at radius 3 is 3.00 bits per heavy atom. The van der Waals surface area contributed by atoms with Crippen LogP contribution in [0.3, 0.4) is 0 Å². The van der Waals surface area contributed by atoms with Crippen LogP contribution in [0.1, 0.15) is 19.8 Å². The molecule has 0 saturated carbocycles. The summed E-state index contributed by atoms with van der Waals surface area (Å²) < 4.78 is 3.59. The lowest BCUT2D eigenvalue weighted by atomic mass is 10.3. The molecule has 0 radical (unpaired) electrons. The highest BCUT2D eigenvalue weighted by molar-refractivity contribution is 8.00. The molecule has 0 amide bonds. The first kappa shape index (κ1) is 7.76. The summed E-state index contributed by atoms with van der Waals surface area (Å²) in [5, 5.41) is 1.95. The van der Waals surface area contributed by atoms with Crippen molar-refractivity contribution in [2.75, 3.05) is 0 Å². The summed E-state index contributed by atoms with van der Waals surface area (Å²) in [5.41, 5.74) is 0. The lowest BCUT2D eigenvalue weighted by Gasteiger charge is -1.80. The van der Waals surface area contributed by atoms with Crippen LogP contribution >= 0.6 is 11.9 Å². The van der Waals surface area contributed by atoms with Crippen LogP contribution in [0.25, 0.3) is 0 Å². The minimum absolute atomic E-state index is 1.14. The van der Waals surface area contributed by atoms with Crippen LogP contribution in [0.5, 0.6) is 0 Å². The number of hydrogen-bond acceptors (Lipinski definition) is 2. The van der Waals surface area contributed by atoms with Gasteiger partial charge in [0.05, 0.1) is 0 Å². The molecule has 0 aliphatic carbocycles. The molecular weight excluding hydrogens is 118 g/mol. The second kappa shape index (κ2) is 6.76. The third-order valence-electron chi connectivity index (χ3n) is 0.687. The highest BCUT2D eigenvalue weighted by atomic mass is 32.2. The highest BCUT2D eigenvalue weighted by Gasteiger charge is 1.70. The topological polar surface area (TPSA) is 12.4 Å². The smallest absolute Gasteiger partial charge is 0.00115 e. The van der Waals surface area contributed by atoms with Gasteiger partial charge in [-0.25, -0.2) is 4.40 Å². The van der Waals surface area contributed by atoms with Crippen LogP contribution in [-0.2, 0) is 0 Å². The number of unbranched alkanes of at least 4 members (excludes halogenated alkanes) is 1. The van der Waals surface area contributed by atoms with Crippen molar-refractivity contribution in [2.45, 2.75) is 19.8 Å². The molecule has 0 bridgehead atoms. The van der Waals surface area contributed by atoms with Crippen molar-refractivity contribution < 1.29 is 0 Å². The highest BCUT2D eigenvalue weighted by Crippen LogP contribution is 2.02. The summed E-state index contributed by atoms with van der Waals surface area (Å²) in [6, 6.07) is 0. The standard InChI is InChI=1S/C6H11NS/c1-3-4-5-6-8-7-2/h5-6H,2-4H2,1H3/b6-5-. The Hall–Kier alpha value is -0.240. The molecule has 2 heteroatoms. The van der Waals surface area contributed by atoms with E-state index in [4.69, 9.17) is 0 Å². The van der Waals surface area contributed by atoms with E-state index in [1.54, 1.807) is 0 Å². The zero-order chi connectivity index (χ0) is 6.24. The van der Waals surface area contributed by atoms with Crippen LogP contribution in [0.15, 0.2) is 15.9 Å². The van der Waals surface area contributed by atoms with Gasteiger partial charge in [0.15, 0.2) is 0 Å². The van der Waals surface area contributed by atoms with Crippen molar-refractivity contribution in [1.82, 2.24) is 0 Å². The van der Waals surface area contributed by atoms with E-state index < -0.39 is 0 Å². The molecule has 0 unspecified atom stereocenters. The Morgan fingerprint density at radius 1 is 1.75 bits per heavy atom. The second-order valence-electron chi connectivity index (χ2n) is 1.39. The average Bonchev–Trinajstić information content (AvgIpc) is 1.81. The Kier molecular flexibility index (Phi) is 6.56. The van der Waals surface area contributed by atoms with Crippen LogP contribution in [-0.4, -0.2) is 6.72 Å². The number of rotatable bonds is 4. The van der Waals surface area contributed by atoms with Gasteiger partial charge in [-0.15, -0.1) is 0 Å². The van der Waals surface area contributed by atoms with Gasteiger partial charge < -0.3 is 0 Å². The van der Waals surface area contributed by atoms with Crippen LogP contribution < -0.4 is 0 Å². The molecule has 46 valence electrons. The van der Waals surface area contributed by atoms with Gasteiger partial charge in [-0.2, -0.15) is 0 Å². The van der Waals surface area contributed by atoms with E-state index >= 15 is 0 Å². The van der Waals surface area contributed by atoms with E-state index in [0.29, 0.717) is 0 Å². The maximum Gasteiger partial charge on any atom is 0.00115 e. The lowest BCUT2D eigenvalue weighted by molar-refractivity contribution is 0.960. The maximum atomic E-state index is 3.59. The SMILES string of the molecule is C=NS/C=C\CCC. The van der Waals surface area contributed by atoms with Crippen molar-refractivity contribution in [3.63, 3.8) is 0 Å². The normalized spacial score (nSPS) is 10.1. The number of nitrogens with zero attached hydrogens (tertiary/aromatic N) is 1. The van der Waals surface area contributed by atoms with Gasteiger partial charge in [-0.1, -0.05) is 19.4 Å². The Balaban J connectivity index is 2.94. The molecule has 0 rings (SSSR count). The number of hydrogen-bond donors (Lipinski definition) is 0. The zero-order valence-corrected chi connectivity index (χ0v) is 5.95. The molecular formula is C6H11NS. The molecule has 0 aromatic rings. The molecule has 0 N–H and O–H groups in total. The second-order valence-corrected chi connectivity index (χ2v) is 2.14. The molecule has 0 heterocycles. The summed E-state index contributed by atoms with van der Waals surface area (Å²) >= 11 is 1.38. The predicted molar refractivity (Wildman–Crippen MR) is 41.2 cm³/mol. The number of allylic oxidation sites excluding steroid dienone is 1. The lowest BCUT2D eigenvalue weighted by Crippen LogP contribution is -1.56. The van der Waals surface area contributed by atoms with Crippen LogP contribution in [0.4, 0.5) is 0 Å². The van der Waals surface area contributed by atoms with E-state index in [1.165, 1.54) is 18.4 Å². The molecule has 0 aliphatic rings. The maximum absolute atomic E-state index is 3.59. The Bertz CT molecular complexity index is 78.6. The third kappa shape index (κ3) is 5.76. The quantitative estimate of drug-likeness (QED) is 0.420. The summed E-state index contributed by atoms with van der Waals surface area (Å²) in [5.74, 6) is 0. The Labute approximate surface area is 55.0 Å². The van der Waals surface area contributed by atoms with Gasteiger partial charge in [-0.05, 0) is 18.5 Å². The van der Waals surface area contributed by atoms with E-state index in [1.807, 2.05) is 5.41 Å². The summed E-state index contributed by atoms with van der Waals surface area (Å²) in [6.45, 7) is 5.47. The summed E-state index contributed by atoms with van der Waals surface area (Å²) in [4.78, 5) is 0. The summed E-state index contributed by atoms with van der Waals surface area (Å²) in [6.07, 6.45) is 4.44. The summed E-state index contributed by atoms with van der Waals surface area (Å²) in [7, 11) is 0.